The van der Waals surface area contributed by atoms with Gasteiger partial charge in [-0.25, -0.2) is 4.39 Å². The van der Waals surface area contributed by atoms with E-state index in [0.29, 0.717) is 18.1 Å². The molecule has 0 radical (unpaired) electrons. The van der Waals surface area contributed by atoms with Gasteiger partial charge in [0.2, 0.25) is 0 Å². The topological polar surface area (TPSA) is 18.5 Å². The van der Waals surface area contributed by atoms with Gasteiger partial charge in [-0.15, -0.1) is 0 Å². The Bertz CT molecular complexity index is 835. The summed E-state index contributed by atoms with van der Waals surface area (Å²) in [7, 11) is -0.283. The Kier molecular flexibility index (Phi) is 7.05. The van der Waals surface area contributed by atoms with Crippen LogP contribution < -0.4 is 14.7 Å². The highest BCUT2D eigenvalue weighted by Crippen LogP contribution is 2.26. The molecule has 0 aliphatic rings. The molecule has 2 nitrogen and oxygen atoms in total. The summed E-state index contributed by atoms with van der Waals surface area (Å²) in [5, 5.41) is 1.45. The van der Waals surface area contributed by atoms with E-state index in [-0.39, 0.29) is 15.3 Å². The lowest BCUT2D eigenvalue weighted by atomic mass is 10.1. The highest BCUT2D eigenvalue weighted by Gasteiger charge is 2.06. The Hall–Kier alpha value is -2.59. The smallest absolute Gasteiger partial charge is 0.165 e. The standard InChI is InChI=1S/C23H25FO2Si/c1-2-25-19-11-13-21(14-12-19)27-16-6-7-18-10-15-22(24)23(17-18)26-20-8-4-3-5-9-20/h3-5,8-15,17H,2,6-7,16,27H2,1H3. The van der Waals surface area contributed by atoms with E-state index in [4.69, 9.17) is 9.47 Å². The van der Waals surface area contributed by atoms with E-state index in [9.17, 15) is 4.39 Å². The molecular formula is C23H25FO2Si. The summed E-state index contributed by atoms with van der Waals surface area (Å²) in [6, 6.07) is 24.2. The number of aryl methyl sites for hydroxylation is 1. The quantitative estimate of drug-likeness (QED) is 0.390. The fourth-order valence-corrected chi connectivity index (χ4v) is 4.45. The molecule has 3 rings (SSSR count). The van der Waals surface area contributed by atoms with E-state index in [1.54, 1.807) is 0 Å². The molecule has 0 spiro atoms. The molecule has 0 unspecified atom stereocenters. The molecule has 0 amide bonds. The van der Waals surface area contributed by atoms with E-state index in [1.807, 2.05) is 49.4 Å². The SMILES string of the molecule is CCOc1ccc([SiH2]CCCc2ccc(F)c(Oc3ccccc3)c2)cc1. The van der Waals surface area contributed by atoms with Gasteiger partial charge >= 0.3 is 0 Å². The highest BCUT2D eigenvalue weighted by atomic mass is 28.2. The lowest BCUT2D eigenvalue weighted by Gasteiger charge is -2.09. The second-order valence-corrected chi connectivity index (χ2v) is 8.49. The van der Waals surface area contributed by atoms with Gasteiger partial charge in [-0.1, -0.05) is 54.0 Å². The predicted molar refractivity (Wildman–Crippen MR) is 112 cm³/mol. The van der Waals surface area contributed by atoms with E-state index in [1.165, 1.54) is 17.3 Å². The summed E-state index contributed by atoms with van der Waals surface area (Å²) in [6.07, 6.45) is 2.05. The van der Waals surface area contributed by atoms with Crippen LogP contribution in [-0.4, -0.2) is 16.1 Å². The number of halogens is 1. The maximum Gasteiger partial charge on any atom is 0.165 e. The van der Waals surface area contributed by atoms with Crippen LogP contribution in [0.25, 0.3) is 0 Å². The van der Waals surface area contributed by atoms with E-state index < -0.39 is 0 Å². The number of para-hydroxylation sites is 1. The minimum absolute atomic E-state index is 0.283. The van der Waals surface area contributed by atoms with Gasteiger partial charge in [0.05, 0.1) is 16.1 Å². The zero-order chi connectivity index (χ0) is 18.9. The van der Waals surface area contributed by atoms with Crippen molar-refractivity contribution in [1.29, 1.82) is 0 Å². The van der Waals surface area contributed by atoms with Crippen LogP contribution in [0.15, 0.2) is 72.8 Å². The third-order valence-electron chi connectivity index (χ3n) is 4.38. The van der Waals surface area contributed by atoms with Gasteiger partial charge < -0.3 is 9.47 Å². The predicted octanol–water partition coefficient (Wildman–Crippen LogP) is 4.86. The number of hydrogen-bond donors (Lipinski definition) is 0. The molecule has 4 heteroatoms. The van der Waals surface area contributed by atoms with Crippen molar-refractivity contribution in [2.75, 3.05) is 6.61 Å². The molecule has 0 fully saturated rings. The molecule has 27 heavy (non-hydrogen) atoms. The molecule has 0 N–H and O–H groups in total. The number of ether oxygens (including phenoxy) is 2. The van der Waals surface area contributed by atoms with Crippen LogP contribution >= 0.6 is 0 Å². The molecule has 0 aromatic heterocycles. The maximum atomic E-state index is 14.0. The van der Waals surface area contributed by atoms with Crippen LogP contribution in [0, 0.1) is 5.82 Å². The average Bonchev–Trinajstić information content (AvgIpc) is 2.70. The molecule has 0 heterocycles. The van der Waals surface area contributed by atoms with Crippen LogP contribution in [0.5, 0.6) is 17.2 Å². The largest absolute Gasteiger partial charge is 0.494 e. The first-order valence-electron chi connectivity index (χ1n) is 9.47. The maximum absolute atomic E-state index is 14.0. The van der Waals surface area contributed by atoms with Crippen LogP contribution in [0.2, 0.25) is 6.04 Å². The van der Waals surface area contributed by atoms with Crippen molar-refractivity contribution in [3.05, 3.63) is 84.2 Å². The Morgan fingerprint density at radius 1 is 0.889 bits per heavy atom. The Morgan fingerprint density at radius 2 is 1.67 bits per heavy atom. The molecule has 3 aromatic carbocycles. The summed E-state index contributed by atoms with van der Waals surface area (Å²) >= 11 is 0. The van der Waals surface area contributed by atoms with E-state index in [0.717, 1.165) is 24.2 Å². The van der Waals surface area contributed by atoms with Crippen molar-refractivity contribution >= 4 is 14.7 Å². The van der Waals surface area contributed by atoms with Crippen LogP contribution in [-0.2, 0) is 6.42 Å². The first-order chi connectivity index (χ1) is 13.2. The van der Waals surface area contributed by atoms with Crippen molar-refractivity contribution in [2.45, 2.75) is 25.8 Å². The first-order valence-corrected chi connectivity index (χ1v) is 11.2. The fraction of sp³-hybridized carbons (Fsp3) is 0.217. The van der Waals surface area contributed by atoms with Crippen molar-refractivity contribution in [3.8, 4) is 17.2 Å². The van der Waals surface area contributed by atoms with Gasteiger partial charge in [-0.05, 0) is 55.3 Å². The van der Waals surface area contributed by atoms with Crippen molar-refractivity contribution in [3.63, 3.8) is 0 Å². The highest BCUT2D eigenvalue weighted by molar-refractivity contribution is 6.53. The van der Waals surface area contributed by atoms with Gasteiger partial charge in [0.25, 0.3) is 0 Å². The monoisotopic (exact) mass is 380 g/mol. The third kappa shape index (κ3) is 5.96. The van der Waals surface area contributed by atoms with Crippen molar-refractivity contribution in [2.24, 2.45) is 0 Å². The lowest BCUT2D eigenvalue weighted by molar-refractivity contribution is 0.340. The minimum Gasteiger partial charge on any atom is -0.494 e. The summed E-state index contributed by atoms with van der Waals surface area (Å²) in [5.74, 6) is 1.55. The minimum atomic E-state index is -0.327. The molecule has 0 aliphatic heterocycles. The number of benzene rings is 3. The molecule has 0 saturated carbocycles. The van der Waals surface area contributed by atoms with E-state index >= 15 is 0 Å². The number of hydrogen-bond acceptors (Lipinski definition) is 2. The van der Waals surface area contributed by atoms with Gasteiger partial charge in [-0.2, -0.15) is 0 Å². The summed E-state index contributed by atoms with van der Waals surface area (Å²) < 4.78 is 25.2. The van der Waals surface area contributed by atoms with Crippen LogP contribution in [0.4, 0.5) is 4.39 Å². The molecule has 3 aromatic rings. The summed E-state index contributed by atoms with van der Waals surface area (Å²) in [5.41, 5.74) is 1.11. The van der Waals surface area contributed by atoms with Crippen molar-refractivity contribution in [1.82, 2.24) is 0 Å². The van der Waals surface area contributed by atoms with Crippen LogP contribution in [0.1, 0.15) is 18.9 Å². The summed E-state index contributed by atoms with van der Waals surface area (Å²) in [6.45, 7) is 2.69. The Labute approximate surface area is 162 Å². The second kappa shape index (κ2) is 9.93. The summed E-state index contributed by atoms with van der Waals surface area (Å²) in [4.78, 5) is 0. The Balaban J connectivity index is 1.50. The van der Waals surface area contributed by atoms with E-state index in [2.05, 4.69) is 24.3 Å². The molecular weight excluding hydrogens is 355 g/mol. The van der Waals surface area contributed by atoms with Crippen LogP contribution in [0.3, 0.4) is 0 Å². The lowest BCUT2D eigenvalue weighted by Crippen LogP contribution is -2.13. The molecule has 0 aliphatic carbocycles. The van der Waals surface area contributed by atoms with Gasteiger partial charge in [0, 0.05) is 0 Å². The first kappa shape index (κ1) is 19.2. The molecule has 0 atom stereocenters. The molecule has 140 valence electrons. The normalized spacial score (nSPS) is 11.0. The number of rotatable bonds is 9. The second-order valence-electron chi connectivity index (χ2n) is 6.46. The van der Waals surface area contributed by atoms with Crippen molar-refractivity contribution < 1.29 is 13.9 Å². The zero-order valence-corrected chi connectivity index (χ0v) is 17.1. The average molecular weight is 381 g/mol. The third-order valence-corrected chi connectivity index (χ3v) is 6.28. The Morgan fingerprint density at radius 3 is 2.41 bits per heavy atom. The van der Waals surface area contributed by atoms with Gasteiger partial charge in [0.1, 0.15) is 11.5 Å². The van der Waals surface area contributed by atoms with Gasteiger partial charge in [-0.3, -0.25) is 0 Å². The zero-order valence-electron chi connectivity index (χ0n) is 15.7. The molecule has 0 saturated heterocycles. The molecule has 0 bridgehead atoms. The fourth-order valence-electron chi connectivity index (χ4n) is 2.97. The van der Waals surface area contributed by atoms with Gasteiger partial charge in [0.15, 0.2) is 11.6 Å².